The largest absolute Gasteiger partial charge is 0.381 e. The van der Waals surface area contributed by atoms with E-state index in [-0.39, 0.29) is 0 Å². The molecule has 0 radical (unpaired) electrons. The van der Waals surface area contributed by atoms with Crippen LogP contribution in [-0.2, 0) is 4.74 Å². The van der Waals surface area contributed by atoms with Gasteiger partial charge in [0.15, 0.2) is 0 Å². The second-order valence-corrected chi connectivity index (χ2v) is 4.43. The molecule has 1 heteroatoms. The highest BCUT2D eigenvalue weighted by atomic mass is 16.5. The molecule has 0 aliphatic heterocycles. The van der Waals surface area contributed by atoms with E-state index < -0.39 is 0 Å². The van der Waals surface area contributed by atoms with Crippen molar-refractivity contribution in [2.75, 3.05) is 7.11 Å². The van der Waals surface area contributed by atoms with Crippen molar-refractivity contribution in [1.29, 1.82) is 0 Å². The van der Waals surface area contributed by atoms with E-state index in [1.54, 1.807) is 0 Å². The maximum absolute atomic E-state index is 5.38. The first-order chi connectivity index (χ1) is 6.29. The molecule has 1 nitrogen and oxygen atoms in total. The van der Waals surface area contributed by atoms with Crippen molar-refractivity contribution in [3.05, 3.63) is 0 Å². The Hall–Kier alpha value is -0.0400. The Bertz CT molecular complexity index is 130. The monoisotopic (exact) mass is 184 g/mol. The van der Waals surface area contributed by atoms with Gasteiger partial charge in [-0.2, -0.15) is 0 Å². The third-order valence-electron chi connectivity index (χ3n) is 3.54. The summed E-state index contributed by atoms with van der Waals surface area (Å²) in [6.45, 7) is 6.39. The van der Waals surface area contributed by atoms with E-state index in [9.17, 15) is 0 Å². The first-order valence-corrected chi connectivity index (χ1v) is 5.82. The second kappa shape index (κ2) is 4.99. The van der Waals surface area contributed by atoms with Crippen LogP contribution in [0.1, 0.15) is 46.5 Å². The first kappa shape index (κ1) is 11.0. The average molecular weight is 184 g/mol. The van der Waals surface area contributed by atoms with Crippen LogP contribution in [0.4, 0.5) is 0 Å². The summed E-state index contributed by atoms with van der Waals surface area (Å²) in [5.41, 5.74) is 0. The van der Waals surface area contributed by atoms with Crippen LogP contribution in [0.2, 0.25) is 0 Å². The number of hydrogen-bond acceptors (Lipinski definition) is 1. The first-order valence-electron chi connectivity index (χ1n) is 5.82. The third-order valence-corrected chi connectivity index (χ3v) is 3.54. The van der Waals surface area contributed by atoms with Gasteiger partial charge < -0.3 is 4.74 Å². The minimum atomic E-state index is 0.595. The fraction of sp³-hybridized carbons (Fsp3) is 1.00. The van der Waals surface area contributed by atoms with Gasteiger partial charge in [-0.3, -0.25) is 0 Å². The number of hydrogen-bond donors (Lipinski definition) is 0. The average Bonchev–Trinajstić information content (AvgIpc) is 2.64. The van der Waals surface area contributed by atoms with Crippen LogP contribution in [0.5, 0.6) is 0 Å². The number of fused-ring (bicyclic) bond motifs is 1. The van der Waals surface area contributed by atoms with E-state index >= 15 is 0 Å². The molecule has 0 amide bonds. The zero-order valence-corrected chi connectivity index (χ0v) is 9.55. The van der Waals surface area contributed by atoms with Crippen LogP contribution in [0.3, 0.4) is 0 Å². The van der Waals surface area contributed by atoms with E-state index in [4.69, 9.17) is 4.74 Å². The Morgan fingerprint density at radius 1 is 0.923 bits per heavy atom. The smallest absolute Gasteiger partial charge is 0.0576 e. The quantitative estimate of drug-likeness (QED) is 0.606. The van der Waals surface area contributed by atoms with Crippen LogP contribution >= 0.6 is 0 Å². The fourth-order valence-electron chi connectivity index (χ4n) is 3.06. The summed E-state index contributed by atoms with van der Waals surface area (Å²) in [6, 6.07) is 0. The predicted molar refractivity (Wildman–Crippen MR) is 56.8 cm³/mol. The standard InChI is InChI=1S/C10H18O.C2H6/c1-7-3-8-5-10(11-2)6-9(8)4-7;1-2/h7-10H,3-6H2,1-2H3;1-2H3/t7?,8-,9+,10?;. The molecule has 2 saturated carbocycles. The van der Waals surface area contributed by atoms with Crippen LogP contribution < -0.4 is 0 Å². The van der Waals surface area contributed by atoms with Crippen molar-refractivity contribution in [1.82, 2.24) is 0 Å². The molecule has 2 fully saturated rings. The van der Waals surface area contributed by atoms with Gasteiger partial charge >= 0.3 is 0 Å². The summed E-state index contributed by atoms with van der Waals surface area (Å²) >= 11 is 0. The highest BCUT2D eigenvalue weighted by Crippen LogP contribution is 2.47. The molecule has 13 heavy (non-hydrogen) atoms. The van der Waals surface area contributed by atoms with Gasteiger partial charge in [-0.05, 0) is 43.4 Å². The molecule has 0 aromatic carbocycles. The van der Waals surface area contributed by atoms with E-state index in [0.717, 1.165) is 17.8 Å². The maximum atomic E-state index is 5.38. The zero-order chi connectivity index (χ0) is 9.84. The summed E-state index contributed by atoms with van der Waals surface area (Å²) in [6.07, 6.45) is 6.20. The SMILES string of the molecule is CC.COC1C[C@H]2CC(C)C[C@H]2C1. The summed E-state index contributed by atoms with van der Waals surface area (Å²) in [7, 11) is 1.86. The third kappa shape index (κ3) is 2.46. The normalized spacial score (nSPS) is 42.5. The molecule has 0 aromatic heterocycles. The van der Waals surface area contributed by atoms with Gasteiger partial charge in [0.2, 0.25) is 0 Å². The minimum absolute atomic E-state index is 0.595. The van der Waals surface area contributed by atoms with E-state index in [0.29, 0.717) is 6.10 Å². The van der Waals surface area contributed by atoms with Crippen molar-refractivity contribution in [3.63, 3.8) is 0 Å². The van der Waals surface area contributed by atoms with Gasteiger partial charge in [-0.15, -0.1) is 0 Å². The Morgan fingerprint density at radius 2 is 1.38 bits per heavy atom. The van der Waals surface area contributed by atoms with Crippen LogP contribution in [0, 0.1) is 17.8 Å². The molecule has 4 atom stereocenters. The predicted octanol–water partition coefficient (Wildman–Crippen LogP) is 3.48. The van der Waals surface area contributed by atoms with Crippen LogP contribution in [0.25, 0.3) is 0 Å². The van der Waals surface area contributed by atoms with E-state index in [2.05, 4.69) is 6.92 Å². The molecule has 0 bridgehead atoms. The van der Waals surface area contributed by atoms with Crippen LogP contribution in [-0.4, -0.2) is 13.2 Å². The van der Waals surface area contributed by atoms with E-state index in [1.807, 2.05) is 21.0 Å². The maximum Gasteiger partial charge on any atom is 0.0576 e. The molecule has 0 spiro atoms. The highest BCUT2D eigenvalue weighted by molar-refractivity contribution is 4.90. The Kier molecular flexibility index (Phi) is 4.24. The van der Waals surface area contributed by atoms with Gasteiger partial charge in [0, 0.05) is 7.11 Å². The zero-order valence-electron chi connectivity index (χ0n) is 9.55. The lowest BCUT2D eigenvalue weighted by Crippen LogP contribution is -2.06. The summed E-state index contributed by atoms with van der Waals surface area (Å²) in [5, 5.41) is 0. The molecule has 0 saturated heterocycles. The highest BCUT2D eigenvalue weighted by Gasteiger charge is 2.39. The van der Waals surface area contributed by atoms with Gasteiger partial charge in [-0.1, -0.05) is 20.8 Å². The minimum Gasteiger partial charge on any atom is -0.381 e. The molecule has 0 heterocycles. The van der Waals surface area contributed by atoms with Gasteiger partial charge in [0.1, 0.15) is 0 Å². The molecule has 78 valence electrons. The van der Waals surface area contributed by atoms with E-state index in [1.165, 1.54) is 25.7 Å². The van der Waals surface area contributed by atoms with Gasteiger partial charge in [0.25, 0.3) is 0 Å². The molecule has 0 N–H and O–H groups in total. The van der Waals surface area contributed by atoms with Gasteiger partial charge in [-0.25, -0.2) is 0 Å². The summed E-state index contributed by atoms with van der Waals surface area (Å²) in [5.74, 6) is 3.01. The van der Waals surface area contributed by atoms with Crippen molar-refractivity contribution >= 4 is 0 Å². The van der Waals surface area contributed by atoms with Crippen molar-refractivity contribution in [3.8, 4) is 0 Å². The molecule has 2 aliphatic carbocycles. The number of ether oxygens (including phenoxy) is 1. The lowest BCUT2D eigenvalue weighted by atomic mass is 10.0. The van der Waals surface area contributed by atoms with Crippen molar-refractivity contribution in [2.24, 2.45) is 17.8 Å². The lowest BCUT2D eigenvalue weighted by Gasteiger charge is -2.09. The molecule has 2 rings (SSSR count). The molecular formula is C12H24O. The molecule has 0 aromatic rings. The summed E-state index contributed by atoms with van der Waals surface area (Å²) in [4.78, 5) is 0. The molecule has 2 unspecified atom stereocenters. The molecule has 2 aliphatic rings. The van der Waals surface area contributed by atoms with Gasteiger partial charge in [0.05, 0.1) is 6.10 Å². The number of rotatable bonds is 1. The fourth-order valence-corrected chi connectivity index (χ4v) is 3.06. The second-order valence-electron chi connectivity index (χ2n) is 4.43. The van der Waals surface area contributed by atoms with Crippen molar-refractivity contribution < 1.29 is 4.74 Å². The van der Waals surface area contributed by atoms with Crippen molar-refractivity contribution in [2.45, 2.75) is 52.6 Å². The Labute approximate surface area is 82.9 Å². The topological polar surface area (TPSA) is 9.23 Å². The Morgan fingerprint density at radius 3 is 1.77 bits per heavy atom. The Balaban J connectivity index is 0.000000396. The lowest BCUT2D eigenvalue weighted by molar-refractivity contribution is 0.0998. The molecular weight excluding hydrogens is 160 g/mol. The van der Waals surface area contributed by atoms with Crippen LogP contribution in [0.15, 0.2) is 0 Å². The number of methoxy groups -OCH3 is 1. The summed E-state index contributed by atoms with van der Waals surface area (Å²) < 4.78 is 5.38.